The van der Waals surface area contributed by atoms with Gasteiger partial charge in [-0.25, -0.2) is 0 Å². The van der Waals surface area contributed by atoms with Gasteiger partial charge in [0.05, 0.1) is 0 Å². The van der Waals surface area contributed by atoms with Gasteiger partial charge in [0.15, 0.2) is 0 Å². The minimum Gasteiger partial charge on any atom is -0.0651 e. The summed E-state index contributed by atoms with van der Waals surface area (Å²) in [4.78, 5) is 0. The third-order valence-corrected chi connectivity index (χ3v) is 13.2. The van der Waals surface area contributed by atoms with Gasteiger partial charge in [-0.15, -0.1) is 0 Å². The van der Waals surface area contributed by atoms with Gasteiger partial charge in [-0.05, 0) is 121 Å². The average molecular weight is 503 g/mol. The molecule has 0 aromatic heterocycles. The molecule has 214 valence electrons. The predicted octanol–water partition coefficient (Wildman–Crippen LogP) is 11.8. The van der Waals surface area contributed by atoms with E-state index in [0.717, 1.165) is 82.9 Å². The molecule has 12 unspecified atom stereocenters. The Kier molecular flexibility index (Phi) is 13.4. The van der Waals surface area contributed by atoms with Crippen molar-refractivity contribution in [3.63, 3.8) is 0 Å². The number of hydrogen-bond acceptors (Lipinski definition) is 0. The van der Waals surface area contributed by atoms with Gasteiger partial charge in [0, 0.05) is 0 Å². The molecule has 0 nitrogen and oxygen atoms in total. The summed E-state index contributed by atoms with van der Waals surface area (Å²) in [6.45, 7) is 29.0. The average Bonchev–Trinajstić information content (AvgIpc) is 2.85. The first kappa shape index (κ1) is 32.2. The van der Waals surface area contributed by atoms with E-state index >= 15 is 0 Å². The normalized spacial score (nSPS) is 46.0. The Bertz CT molecular complexity index is 521. The summed E-state index contributed by atoms with van der Waals surface area (Å²) < 4.78 is 0. The maximum absolute atomic E-state index is 2.50. The van der Waals surface area contributed by atoms with E-state index in [4.69, 9.17) is 0 Å². The van der Waals surface area contributed by atoms with Crippen LogP contribution >= 0.6 is 0 Å². The molecule has 4 saturated carbocycles. The summed E-state index contributed by atoms with van der Waals surface area (Å²) in [7, 11) is 0. The fourth-order valence-corrected chi connectivity index (χ4v) is 8.62. The molecule has 4 rings (SSSR count). The van der Waals surface area contributed by atoms with E-state index < -0.39 is 0 Å². The SMILES string of the molecule is CC1CC2CC(C)C(C)CC2CC1C.CC1CCC2C(C)C(C)CCC2C1C.CCC(C)C(C)CC. The summed E-state index contributed by atoms with van der Waals surface area (Å²) in [5.74, 6) is 14.0. The highest BCUT2D eigenvalue weighted by Gasteiger charge is 2.41. The fraction of sp³-hybridized carbons (Fsp3) is 1.00. The van der Waals surface area contributed by atoms with Gasteiger partial charge < -0.3 is 0 Å². The van der Waals surface area contributed by atoms with Crippen molar-refractivity contribution in [1.82, 2.24) is 0 Å². The van der Waals surface area contributed by atoms with Gasteiger partial charge in [-0.2, -0.15) is 0 Å². The smallest absolute Gasteiger partial charge is 0.0355 e. The Morgan fingerprint density at radius 3 is 0.972 bits per heavy atom. The number of fused-ring (bicyclic) bond motifs is 2. The molecule has 0 saturated heterocycles. The molecule has 0 bridgehead atoms. The molecule has 0 heterocycles. The van der Waals surface area contributed by atoms with Crippen molar-refractivity contribution in [2.45, 2.75) is 147 Å². The van der Waals surface area contributed by atoms with Crippen LogP contribution in [0.2, 0.25) is 0 Å². The van der Waals surface area contributed by atoms with Crippen molar-refractivity contribution >= 4 is 0 Å². The zero-order valence-corrected chi connectivity index (χ0v) is 27.2. The second-order valence-corrected chi connectivity index (χ2v) is 15.3. The zero-order chi connectivity index (χ0) is 27.2. The summed E-state index contributed by atoms with van der Waals surface area (Å²) in [5.41, 5.74) is 0. The lowest BCUT2D eigenvalue weighted by Crippen LogP contribution is -2.40. The zero-order valence-electron chi connectivity index (χ0n) is 27.2. The molecule has 4 aliphatic carbocycles. The van der Waals surface area contributed by atoms with Crippen LogP contribution in [0.5, 0.6) is 0 Å². The van der Waals surface area contributed by atoms with Crippen molar-refractivity contribution in [3.8, 4) is 0 Å². The maximum atomic E-state index is 2.50. The van der Waals surface area contributed by atoms with Crippen molar-refractivity contribution < 1.29 is 0 Å². The van der Waals surface area contributed by atoms with Crippen molar-refractivity contribution in [2.24, 2.45) is 82.9 Å². The van der Waals surface area contributed by atoms with Crippen molar-refractivity contribution in [3.05, 3.63) is 0 Å². The second kappa shape index (κ2) is 15.0. The van der Waals surface area contributed by atoms with Crippen LogP contribution in [0.25, 0.3) is 0 Å². The second-order valence-electron chi connectivity index (χ2n) is 15.3. The van der Waals surface area contributed by atoms with Gasteiger partial charge in [-0.1, -0.05) is 109 Å². The Morgan fingerprint density at radius 2 is 0.722 bits per heavy atom. The monoisotopic (exact) mass is 503 g/mol. The molecule has 0 aliphatic heterocycles. The van der Waals surface area contributed by atoms with Crippen LogP contribution in [0.3, 0.4) is 0 Å². The van der Waals surface area contributed by atoms with E-state index in [9.17, 15) is 0 Å². The largest absolute Gasteiger partial charge is 0.0651 e. The lowest BCUT2D eigenvalue weighted by molar-refractivity contribution is 0.0119. The van der Waals surface area contributed by atoms with Crippen molar-refractivity contribution in [1.29, 1.82) is 0 Å². The van der Waals surface area contributed by atoms with E-state index in [2.05, 4.69) is 83.1 Å². The van der Waals surface area contributed by atoms with Crippen LogP contribution in [0, 0.1) is 82.9 Å². The van der Waals surface area contributed by atoms with E-state index in [1.54, 1.807) is 0 Å². The van der Waals surface area contributed by atoms with Crippen LogP contribution < -0.4 is 0 Å². The highest BCUT2D eigenvalue weighted by molar-refractivity contribution is 4.91. The quantitative estimate of drug-likeness (QED) is 0.360. The summed E-state index contributed by atoms with van der Waals surface area (Å²) >= 11 is 0. The van der Waals surface area contributed by atoms with Gasteiger partial charge >= 0.3 is 0 Å². The van der Waals surface area contributed by atoms with E-state index in [1.807, 2.05) is 0 Å². The molecular formula is C36H70. The molecule has 4 fully saturated rings. The minimum absolute atomic E-state index is 0.917. The first-order chi connectivity index (χ1) is 16.9. The molecular weight excluding hydrogens is 432 g/mol. The molecule has 0 aromatic carbocycles. The van der Waals surface area contributed by atoms with E-state index in [1.165, 1.54) is 64.2 Å². The highest BCUT2D eigenvalue weighted by Crippen LogP contribution is 2.50. The van der Waals surface area contributed by atoms with Gasteiger partial charge in [0.2, 0.25) is 0 Å². The molecule has 0 radical (unpaired) electrons. The van der Waals surface area contributed by atoms with Crippen LogP contribution in [0.1, 0.15) is 147 Å². The van der Waals surface area contributed by atoms with Crippen LogP contribution in [0.15, 0.2) is 0 Å². The van der Waals surface area contributed by atoms with Gasteiger partial charge in [-0.3, -0.25) is 0 Å². The topological polar surface area (TPSA) is 0 Å². The Labute approximate surface area is 230 Å². The first-order valence-electron chi connectivity index (χ1n) is 16.9. The Hall–Kier alpha value is 0. The lowest BCUT2D eigenvalue weighted by Gasteiger charge is -2.48. The molecule has 0 amide bonds. The van der Waals surface area contributed by atoms with Crippen molar-refractivity contribution in [2.75, 3.05) is 0 Å². The molecule has 0 aromatic rings. The molecule has 0 spiro atoms. The van der Waals surface area contributed by atoms with Crippen LogP contribution in [-0.2, 0) is 0 Å². The van der Waals surface area contributed by atoms with Gasteiger partial charge in [0.25, 0.3) is 0 Å². The predicted molar refractivity (Wildman–Crippen MR) is 163 cm³/mol. The molecule has 4 aliphatic rings. The summed E-state index contributed by atoms with van der Waals surface area (Å²) in [6.07, 6.45) is 14.7. The minimum atomic E-state index is 0.917. The van der Waals surface area contributed by atoms with Crippen LogP contribution in [0.4, 0.5) is 0 Å². The first-order valence-corrected chi connectivity index (χ1v) is 16.9. The number of hydrogen-bond donors (Lipinski definition) is 0. The lowest BCUT2D eigenvalue weighted by atomic mass is 9.57. The Balaban J connectivity index is 0.000000199. The van der Waals surface area contributed by atoms with E-state index in [0.29, 0.717) is 0 Å². The molecule has 0 heteroatoms. The van der Waals surface area contributed by atoms with Crippen LogP contribution in [-0.4, -0.2) is 0 Å². The molecule has 36 heavy (non-hydrogen) atoms. The summed E-state index contributed by atoms with van der Waals surface area (Å²) in [6, 6.07) is 0. The third-order valence-electron chi connectivity index (χ3n) is 13.2. The summed E-state index contributed by atoms with van der Waals surface area (Å²) in [5, 5.41) is 0. The number of rotatable bonds is 3. The van der Waals surface area contributed by atoms with Gasteiger partial charge in [0.1, 0.15) is 0 Å². The third kappa shape index (κ3) is 8.50. The highest BCUT2D eigenvalue weighted by atomic mass is 14.5. The maximum Gasteiger partial charge on any atom is -0.0355 e. The molecule has 12 atom stereocenters. The van der Waals surface area contributed by atoms with E-state index in [-0.39, 0.29) is 0 Å². The molecule has 0 N–H and O–H groups in total. The standard InChI is InChI=1S/2C14H26.C8H18/c1-9-5-13-7-11(3)12(4)8-14(13)6-10(9)2;1-9-5-7-14-12(4)10(2)6-8-13(14)11(9)3;1-5-7(3)8(4)6-2/h2*9-14H,5-8H2,1-4H3;7-8H,5-6H2,1-4H3. The fourth-order valence-electron chi connectivity index (χ4n) is 8.62. The Morgan fingerprint density at radius 1 is 0.444 bits per heavy atom.